The number of methoxy groups -OCH3 is 2. The zero-order valence-electron chi connectivity index (χ0n) is 17.4. The highest BCUT2D eigenvalue weighted by Gasteiger charge is 2.26. The first-order chi connectivity index (χ1) is 14.7. The average Bonchev–Trinajstić information content (AvgIpc) is 3.23. The van der Waals surface area contributed by atoms with E-state index >= 15 is 0 Å². The monoisotopic (exact) mass is 425 g/mol. The summed E-state index contributed by atoms with van der Waals surface area (Å²) in [5.74, 6) is 1.65. The lowest BCUT2D eigenvalue weighted by atomic mass is 9.96. The van der Waals surface area contributed by atoms with Crippen molar-refractivity contribution in [3.05, 3.63) is 48.0 Å². The van der Waals surface area contributed by atoms with Crippen LogP contribution in [-0.2, 0) is 11.2 Å². The van der Waals surface area contributed by atoms with Gasteiger partial charge in [0.2, 0.25) is 5.91 Å². The van der Waals surface area contributed by atoms with E-state index in [2.05, 4.69) is 16.3 Å². The summed E-state index contributed by atoms with van der Waals surface area (Å²) in [6.45, 7) is 2.35. The van der Waals surface area contributed by atoms with Crippen molar-refractivity contribution in [3.63, 3.8) is 0 Å². The molecule has 1 fully saturated rings. The normalized spacial score (nSPS) is 14.7. The van der Waals surface area contributed by atoms with Gasteiger partial charge in [0.05, 0.1) is 24.4 Å². The molecule has 0 spiro atoms. The molecular weight excluding hydrogens is 398 g/mol. The molecule has 1 amide bonds. The van der Waals surface area contributed by atoms with E-state index in [0.717, 1.165) is 48.6 Å². The summed E-state index contributed by atoms with van der Waals surface area (Å²) in [4.78, 5) is 19.7. The average molecular weight is 426 g/mol. The first-order valence-electron chi connectivity index (χ1n) is 10.3. The molecule has 3 aromatic rings. The third-order valence-electron chi connectivity index (χ3n) is 5.58. The van der Waals surface area contributed by atoms with Gasteiger partial charge in [0.15, 0.2) is 16.6 Å². The first-order valence-corrected chi connectivity index (χ1v) is 11.1. The minimum absolute atomic E-state index is 0.0704. The van der Waals surface area contributed by atoms with Gasteiger partial charge in [-0.15, -0.1) is 0 Å². The van der Waals surface area contributed by atoms with E-state index in [4.69, 9.17) is 14.5 Å². The maximum atomic E-state index is 12.6. The molecular formula is C23H27N3O3S. The Hall–Kier alpha value is -2.80. The van der Waals surface area contributed by atoms with E-state index in [1.54, 1.807) is 25.6 Å². The van der Waals surface area contributed by atoms with Gasteiger partial charge in [-0.25, -0.2) is 4.98 Å². The second-order valence-electron chi connectivity index (χ2n) is 7.46. The van der Waals surface area contributed by atoms with Crippen LogP contribution >= 0.6 is 11.3 Å². The Morgan fingerprint density at radius 3 is 2.63 bits per heavy atom. The number of para-hydroxylation sites is 1. The summed E-state index contributed by atoms with van der Waals surface area (Å²) in [6.07, 6.45) is 2.48. The van der Waals surface area contributed by atoms with Crippen LogP contribution < -0.4 is 19.7 Å². The minimum Gasteiger partial charge on any atom is -0.493 e. The van der Waals surface area contributed by atoms with E-state index in [0.29, 0.717) is 18.0 Å². The fourth-order valence-corrected chi connectivity index (χ4v) is 4.86. The Morgan fingerprint density at radius 1 is 1.13 bits per heavy atom. The number of carbonyl (C=O) groups excluding carboxylic acids is 1. The van der Waals surface area contributed by atoms with E-state index in [-0.39, 0.29) is 11.8 Å². The maximum absolute atomic E-state index is 12.6. The van der Waals surface area contributed by atoms with Crippen LogP contribution in [0.3, 0.4) is 0 Å². The lowest BCUT2D eigenvalue weighted by Gasteiger charge is -2.31. The van der Waals surface area contributed by atoms with Crippen LogP contribution in [0.15, 0.2) is 42.5 Å². The van der Waals surface area contributed by atoms with Crippen LogP contribution in [-0.4, -0.2) is 44.7 Å². The number of hydrogen-bond acceptors (Lipinski definition) is 6. The fourth-order valence-electron chi connectivity index (χ4n) is 3.84. The quantitative estimate of drug-likeness (QED) is 0.622. The van der Waals surface area contributed by atoms with Gasteiger partial charge in [-0.2, -0.15) is 0 Å². The van der Waals surface area contributed by atoms with Crippen LogP contribution in [0.2, 0.25) is 0 Å². The number of thiazole rings is 1. The zero-order valence-corrected chi connectivity index (χ0v) is 18.2. The predicted molar refractivity (Wildman–Crippen MR) is 121 cm³/mol. The number of fused-ring (bicyclic) bond motifs is 1. The highest BCUT2D eigenvalue weighted by atomic mass is 32.1. The van der Waals surface area contributed by atoms with Crippen LogP contribution in [0.1, 0.15) is 18.4 Å². The highest BCUT2D eigenvalue weighted by Crippen LogP contribution is 2.31. The van der Waals surface area contributed by atoms with Crippen molar-refractivity contribution < 1.29 is 14.3 Å². The van der Waals surface area contributed by atoms with Gasteiger partial charge in [-0.05, 0) is 49.1 Å². The molecule has 1 aromatic heterocycles. The molecule has 30 heavy (non-hydrogen) atoms. The molecule has 2 heterocycles. The Labute approximate surface area is 180 Å². The molecule has 0 unspecified atom stereocenters. The molecule has 7 heteroatoms. The highest BCUT2D eigenvalue weighted by molar-refractivity contribution is 7.22. The summed E-state index contributed by atoms with van der Waals surface area (Å²) >= 11 is 1.73. The summed E-state index contributed by atoms with van der Waals surface area (Å²) < 4.78 is 11.8. The number of nitrogens with zero attached hydrogens (tertiary/aromatic N) is 2. The Balaban J connectivity index is 1.25. The number of amides is 1. The van der Waals surface area contributed by atoms with Gasteiger partial charge < -0.3 is 19.7 Å². The molecule has 1 aliphatic rings. The molecule has 0 saturated carbocycles. The molecule has 0 bridgehead atoms. The predicted octanol–water partition coefficient (Wildman–Crippen LogP) is 3.89. The number of piperidine rings is 1. The molecule has 1 aliphatic heterocycles. The second-order valence-corrected chi connectivity index (χ2v) is 8.46. The van der Waals surface area contributed by atoms with Gasteiger partial charge >= 0.3 is 0 Å². The van der Waals surface area contributed by atoms with Crippen molar-refractivity contribution >= 4 is 32.6 Å². The van der Waals surface area contributed by atoms with E-state index in [1.165, 1.54) is 4.70 Å². The van der Waals surface area contributed by atoms with Crippen LogP contribution in [0.5, 0.6) is 11.5 Å². The number of carbonyl (C=O) groups is 1. The standard InChI is InChI=1S/C23H27N3O3S/c1-28-19-8-7-16(15-20(19)29-2)9-12-24-22(27)17-10-13-26(14-11-17)23-25-18-5-3-4-6-21(18)30-23/h3-8,15,17H,9-14H2,1-2H3,(H,24,27). The van der Waals surface area contributed by atoms with Crippen molar-refractivity contribution in [3.8, 4) is 11.5 Å². The van der Waals surface area contributed by atoms with Gasteiger partial charge in [0.1, 0.15) is 0 Å². The molecule has 2 aromatic carbocycles. The third kappa shape index (κ3) is 4.51. The molecule has 1 N–H and O–H groups in total. The zero-order chi connectivity index (χ0) is 20.9. The minimum atomic E-state index is 0.0704. The van der Waals surface area contributed by atoms with Gasteiger partial charge in [0, 0.05) is 25.6 Å². The number of nitrogens with one attached hydrogen (secondary N) is 1. The van der Waals surface area contributed by atoms with Gasteiger partial charge in [-0.3, -0.25) is 4.79 Å². The molecule has 0 atom stereocenters. The summed E-state index contributed by atoms with van der Waals surface area (Å²) in [5, 5.41) is 4.16. The molecule has 4 rings (SSSR count). The largest absolute Gasteiger partial charge is 0.493 e. The van der Waals surface area contributed by atoms with Crippen LogP contribution in [0, 0.1) is 5.92 Å². The molecule has 158 valence electrons. The second kappa shape index (κ2) is 9.34. The molecule has 1 saturated heterocycles. The van der Waals surface area contributed by atoms with Crippen molar-refractivity contribution in [2.45, 2.75) is 19.3 Å². The van der Waals surface area contributed by atoms with Gasteiger partial charge in [-0.1, -0.05) is 29.5 Å². The summed E-state index contributed by atoms with van der Waals surface area (Å²) in [6, 6.07) is 14.1. The van der Waals surface area contributed by atoms with E-state index in [1.807, 2.05) is 36.4 Å². The van der Waals surface area contributed by atoms with Crippen molar-refractivity contribution in [2.75, 3.05) is 38.8 Å². The number of benzene rings is 2. The van der Waals surface area contributed by atoms with Crippen molar-refractivity contribution in [1.82, 2.24) is 10.3 Å². The number of ether oxygens (including phenoxy) is 2. The number of aromatic nitrogens is 1. The fraction of sp³-hybridized carbons (Fsp3) is 0.391. The Kier molecular flexibility index (Phi) is 6.38. The van der Waals surface area contributed by atoms with E-state index in [9.17, 15) is 4.79 Å². The molecule has 0 aliphatic carbocycles. The van der Waals surface area contributed by atoms with Crippen LogP contribution in [0.4, 0.5) is 5.13 Å². The van der Waals surface area contributed by atoms with Gasteiger partial charge in [0.25, 0.3) is 0 Å². The number of hydrogen-bond donors (Lipinski definition) is 1. The van der Waals surface area contributed by atoms with E-state index < -0.39 is 0 Å². The molecule has 0 radical (unpaired) electrons. The Morgan fingerprint density at radius 2 is 1.90 bits per heavy atom. The number of anilines is 1. The third-order valence-corrected chi connectivity index (χ3v) is 6.68. The lowest BCUT2D eigenvalue weighted by molar-refractivity contribution is -0.125. The van der Waals surface area contributed by atoms with Crippen molar-refractivity contribution in [1.29, 1.82) is 0 Å². The maximum Gasteiger partial charge on any atom is 0.223 e. The topological polar surface area (TPSA) is 63.7 Å². The smallest absolute Gasteiger partial charge is 0.223 e. The Bertz CT molecular complexity index is 979. The lowest BCUT2D eigenvalue weighted by Crippen LogP contribution is -2.41. The number of rotatable bonds is 7. The summed E-state index contributed by atoms with van der Waals surface area (Å²) in [5.41, 5.74) is 2.16. The SMILES string of the molecule is COc1ccc(CCNC(=O)C2CCN(c3nc4ccccc4s3)CC2)cc1OC. The van der Waals surface area contributed by atoms with Crippen LogP contribution in [0.25, 0.3) is 10.2 Å². The summed E-state index contributed by atoms with van der Waals surface area (Å²) in [7, 11) is 3.25. The van der Waals surface area contributed by atoms with Crippen molar-refractivity contribution in [2.24, 2.45) is 5.92 Å². The first kappa shape index (κ1) is 20.5. The molecule has 6 nitrogen and oxygen atoms in total.